The Kier molecular flexibility index (Phi) is 3.64. The van der Waals surface area contributed by atoms with Crippen LogP contribution in [0.15, 0.2) is 18.2 Å². The van der Waals surface area contributed by atoms with Gasteiger partial charge < -0.3 is 15.8 Å². The molecule has 1 atom stereocenters. The third kappa shape index (κ3) is 2.87. The van der Waals surface area contributed by atoms with Crippen molar-refractivity contribution in [2.75, 3.05) is 24.3 Å². The van der Waals surface area contributed by atoms with Crippen molar-refractivity contribution >= 4 is 21.4 Å². The summed E-state index contributed by atoms with van der Waals surface area (Å²) in [5.41, 5.74) is 5.68. The number of nitrogen functional groups attached to an aromatic ring is 1. The number of rotatable bonds is 3. The molecule has 1 saturated heterocycles. The van der Waals surface area contributed by atoms with Gasteiger partial charge >= 0.3 is 0 Å². The highest BCUT2D eigenvalue weighted by Gasteiger charge is 2.39. The van der Waals surface area contributed by atoms with Crippen molar-refractivity contribution in [2.24, 2.45) is 0 Å². The lowest BCUT2D eigenvalue weighted by atomic mass is 10.0. The molecule has 1 fully saturated rings. The van der Waals surface area contributed by atoms with Gasteiger partial charge in [-0.3, -0.25) is 4.79 Å². The molecule has 1 heterocycles. The summed E-state index contributed by atoms with van der Waals surface area (Å²) in [6, 6.07) is 4.88. The molecule has 1 aromatic carbocycles. The fourth-order valence-electron chi connectivity index (χ4n) is 2.41. The highest BCUT2D eigenvalue weighted by atomic mass is 32.2. The Hall–Kier alpha value is -1.76. The fraction of sp³-hybridized carbons (Fsp3) is 0.462. The largest absolute Gasteiger partial charge is 0.494 e. The Morgan fingerprint density at radius 2 is 2.15 bits per heavy atom. The number of nitrogens with two attached hydrogens (primary N) is 1. The number of sulfone groups is 1. The molecular formula is C13H18N2O4S. The van der Waals surface area contributed by atoms with Gasteiger partial charge in [-0.1, -0.05) is 6.07 Å². The molecular weight excluding hydrogens is 280 g/mol. The number of hydrogen-bond donors (Lipinski definition) is 2. The van der Waals surface area contributed by atoms with Gasteiger partial charge in [0.25, 0.3) is 5.91 Å². The van der Waals surface area contributed by atoms with Crippen molar-refractivity contribution in [3.8, 4) is 5.75 Å². The van der Waals surface area contributed by atoms with Gasteiger partial charge in [-0.05, 0) is 25.5 Å². The first-order valence-corrected chi connectivity index (χ1v) is 8.04. The number of nitrogens with one attached hydrogen (secondary N) is 1. The van der Waals surface area contributed by atoms with E-state index >= 15 is 0 Å². The summed E-state index contributed by atoms with van der Waals surface area (Å²) in [5, 5.41) is 2.78. The maximum atomic E-state index is 12.3. The lowest BCUT2D eigenvalue weighted by Gasteiger charge is -2.24. The maximum Gasteiger partial charge on any atom is 0.255 e. The van der Waals surface area contributed by atoms with E-state index in [1.165, 1.54) is 7.11 Å². The van der Waals surface area contributed by atoms with Crippen molar-refractivity contribution in [2.45, 2.75) is 18.9 Å². The molecule has 1 aliphatic rings. The smallest absolute Gasteiger partial charge is 0.255 e. The molecule has 20 heavy (non-hydrogen) atoms. The zero-order valence-electron chi connectivity index (χ0n) is 11.5. The molecule has 1 aromatic rings. The lowest BCUT2D eigenvalue weighted by molar-refractivity contribution is 0.0912. The van der Waals surface area contributed by atoms with Crippen molar-refractivity contribution in [1.82, 2.24) is 5.32 Å². The molecule has 3 N–H and O–H groups in total. The van der Waals surface area contributed by atoms with Crippen LogP contribution in [0.4, 0.5) is 5.69 Å². The molecule has 6 nitrogen and oxygen atoms in total. The van der Waals surface area contributed by atoms with Crippen molar-refractivity contribution < 1.29 is 17.9 Å². The first kappa shape index (κ1) is 14.6. The minimum atomic E-state index is -3.08. The van der Waals surface area contributed by atoms with Gasteiger partial charge in [-0.15, -0.1) is 0 Å². The molecule has 0 aromatic heterocycles. The SMILES string of the molecule is COc1c(N)cccc1C(=O)NC1(C)CCS(=O)(=O)C1. The summed E-state index contributed by atoms with van der Waals surface area (Å²) in [6.45, 7) is 1.73. The van der Waals surface area contributed by atoms with E-state index in [9.17, 15) is 13.2 Å². The first-order chi connectivity index (χ1) is 9.26. The van der Waals surface area contributed by atoms with Gasteiger partial charge in [0.15, 0.2) is 15.6 Å². The molecule has 0 spiro atoms. The molecule has 1 unspecified atom stereocenters. The van der Waals surface area contributed by atoms with Gasteiger partial charge in [0.1, 0.15) is 0 Å². The zero-order valence-corrected chi connectivity index (χ0v) is 12.3. The summed E-state index contributed by atoms with van der Waals surface area (Å²) < 4.78 is 28.2. The van der Waals surface area contributed by atoms with Crippen LogP contribution in [0, 0.1) is 0 Å². The monoisotopic (exact) mass is 298 g/mol. The van der Waals surface area contributed by atoms with Crippen molar-refractivity contribution in [3.63, 3.8) is 0 Å². The minimum Gasteiger partial charge on any atom is -0.494 e. The highest BCUT2D eigenvalue weighted by Crippen LogP contribution is 2.28. The summed E-state index contributed by atoms with van der Waals surface area (Å²) in [7, 11) is -1.64. The number of benzene rings is 1. The van der Waals surface area contributed by atoms with Crippen LogP contribution in [0.3, 0.4) is 0 Å². The van der Waals surface area contributed by atoms with Crippen LogP contribution in [0.2, 0.25) is 0 Å². The van der Waals surface area contributed by atoms with Crippen molar-refractivity contribution in [3.05, 3.63) is 23.8 Å². The molecule has 1 amide bonds. The molecule has 0 saturated carbocycles. The Morgan fingerprint density at radius 3 is 2.70 bits per heavy atom. The maximum absolute atomic E-state index is 12.3. The standard InChI is InChI=1S/C13H18N2O4S/c1-13(6-7-20(17,18)8-13)15-12(16)9-4-3-5-10(14)11(9)19-2/h3-5H,6-8,14H2,1-2H3,(H,15,16). The van der Waals surface area contributed by atoms with Crippen LogP contribution in [0.1, 0.15) is 23.7 Å². The van der Waals surface area contributed by atoms with Gasteiger partial charge in [0.2, 0.25) is 0 Å². The number of hydrogen-bond acceptors (Lipinski definition) is 5. The van der Waals surface area contributed by atoms with E-state index < -0.39 is 15.4 Å². The normalized spacial score (nSPS) is 24.3. The van der Waals surface area contributed by atoms with E-state index in [0.29, 0.717) is 23.4 Å². The third-order valence-electron chi connectivity index (χ3n) is 3.41. The summed E-state index contributed by atoms with van der Waals surface area (Å²) >= 11 is 0. The fourth-order valence-corrected chi connectivity index (χ4v) is 4.51. The van der Waals surface area contributed by atoms with E-state index in [2.05, 4.69) is 5.32 Å². The summed E-state index contributed by atoms with van der Waals surface area (Å²) in [4.78, 5) is 12.3. The molecule has 0 aliphatic carbocycles. The third-order valence-corrected chi connectivity index (χ3v) is 5.32. The molecule has 110 valence electrons. The van der Waals surface area contributed by atoms with Crippen molar-refractivity contribution in [1.29, 1.82) is 0 Å². The average Bonchev–Trinajstić information content (AvgIpc) is 2.62. The van der Waals surface area contributed by atoms with E-state index in [1.807, 2.05) is 0 Å². The number of amides is 1. The number of ether oxygens (including phenoxy) is 1. The van der Waals surface area contributed by atoms with E-state index in [1.54, 1.807) is 25.1 Å². The molecule has 0 radical (unpaired) electrons. The first-order valence-electron chi connectivity index (χ1n) is 6.22. The predicted molar refractivity (Wildman–Crippen MR) is 76.5 cm³/mol. The summed E-state index contributed by atoms with van der Waals surface area (Å²) in [5.74, 6) is -0.0306. The topological polar surface area (TPSA) is 98.5 Å². The van der Waals surface area contributed by atoms with E-state index in [0.717, 1.165) is 0 Å². The lowest BCUT2D eigenvalue weighted by Crippen LogP contribution is -2.47. The number of methoxy groups -OCH3 is 1. The number of para-hydroxylation sites is 1. The number of anilines is 1. The summed E-state index contributed by atoms with van der Waals surface area (Å²) in [6.07, 6.45) is 0.408. The second-order valence-corrected chi connectivity index (χ2v) is 7.47. The molecule has 0 bridgehead atoms. The molecule has 1 aliphatic heterocycles. The van der Waals surface area contributed by atoms with Crippen LogP contribution >= 0.6 is 0 Å². The van der Waals surface area contributed by atoms with Gasteiger partial charge in [0, 0.05) is 0 Å². The van der Waals surface area contributed by atoms with E-state index in [4.69, 9.17) is 10.5 Å². The van der Waals surface area contributed by atoms with Gasteiger partial charge in [0.05, 0.1) is 35.4 Å². The second kappa shape index (κ2) is 4.97. The van der Waals surface area contributed by atoms with Crippen LogP contribution < -0.4 is 15.8 Å². The van der Waals surface area contributed by atoms with Gasteiger partial charge in [-0.25, -0.2) is 8.42 Å². The van der Waals surface area contributed by atoms with Crippen LogP contribution in [-0.2, 0) is 9.84 Å². The molecule has 2 rings (SSSR count). The second-order valence-electron chi connectivity index (χ2n) is 5.28. The van der Waals surface area contributed by atoms with E-state index in [-0.39, 0.29) is 17.4 Å². The predicted octanol–water partition coefficient (Wildman–Crippen LogP) is 0.584. The Balaban J connectivity index is 2.24. The molecule has 7 heteroatoms. The number of carbonyl (C=O) groups excluding carboxylic acids is 1. The van der Waals surface area contributed by atoms with Gasteiger partial charge in [-0.2, -0.15) is 0 Å². The van der Waals surface area contributed by atoms with Crippen LogP contribution in [0.5, 0.6) is 5.75 Å². The average molecular weight is 298 g/mol. The Bertz CT molecular complexity index is 642. The highest BCUT2D eigenvalue weighted by molar-refractivity contribution is 7.91. The Morgan fingerprint density at radius 1 is 1.45 bits per heavy atom. The Labute approximate surface area is 118 Å². The number of carbonyl (C=O) groups is 1. The van der Waals surface area contributed by atoms with Crippen LogP contribution in [0.25, 0.3) is 0 Å². The van der Waals surface area contributed by atoms with Crippen LogP contribution in [-0.4, -0.2) is 38.5 Å². The zero-order chi connectivity index (χ0) is 15.0. The quantitative estimate of drug-likeness (QED) is 0.796. The minimum absolute atomic E-state index is 0.0453.